The molecule has 100 valence electrons. The number of aryl methyl sites for hydroxylation is 2. The van der Waals surface area contributed by atoms with Gasteiger partial charge in [0.25, 0.3) is 5.82 Å². The van der Waals surface area contributed by atoms with E-state index in [1.54, 1.807) is 6.92 Å². The zero-order chi connectivity index (χ0) is 13.5. The number of carbonyl (C=O) groups is 1. The summed E-state index contributed by atoms with van der Waals surface area (Å²) in [7, 11) is 0. The van der Waals surface area contributed by atoms with Gasteiger partial charge in [-0.25, -0.2) is 9.48 Å². The molecule has 6 heteroatoms. The van der Waals surface area contributed by atoms with Crippen LogP contribution in [-0.4, -0.2) is 32.8 Å². The van der Waals surface area contributed by atoms with Crippen LogP contribution in [0.4, 0.5) is 0 Å². The minimum Gasteiger partial charge on any atom is -0.460 e. The molecule has 0 N–H and O–H groups in total. The molecule has 2 rings (SSSR count). The lowest BCUT2D eigenvalue weighted by atomic mass is 10.1. The molecular weight excluding hydrogens is 244 g/mol. The molecule has 0 unspecified atom stereocenters. The van der Waals surface area contributed by atoms with Crippen molar-refractivity contribution in [2.45, 2.75) is 26.3 Å². The number of hydrogen-bond acceptors (Lipinski definition) is 5. The molecule has 0 amide bonds. The Morgan fingerprint density at radius 3 is 2.84 bits per heavy atom. The van der Waals surface area contributed by atoms with Gasteiger partial charge >= 0.3 is 5.97 Å². The summed E-state index contributed by atoms with van der Waals surface area (Å²) in [6, 6.07) is 10.2. The van der Waals surface area contributed by atoms with Gasteiger partial charge in [-0.1, -0.05) is 30.3 Å². The summed E-state index contributed by atoms with van der Waals surface area (Å²) in [6.07, 6.45) is 1.78. The predicted molar refractivity (Wildman–Crippen MR) is 68.5 cm³/mol. The van der Waals surface area contributed by atoms with Crippen LogP contribution in [0.2, 0.25) is 0 Å². The molecular formula is C13H16N4O2. The molecule has 0 aliphatic carbocycles. The maximum Gasteiger partial charge on any atom is 0.378 e. The fourth-order valence-electron chi connectivity index (χ4n) is 1.77. The van der Waals surface area contributed by atoms with Crippen LogP contribution in [0.15, 0.2) is 30.3 Å². The van der Waals surface area contributed by atoms with Crippen molar-refractivity contribution in [1.29, 1.82) is 0 Å². The summed E-state index contributed by atoms with van der Waals surface area (Å²) < 4.78 is 6.38. The molecule has 0 aliphatic rings. The van der Waals surface area contributed by atoms with Gasteiger partial charge in [0, 0.05) is 6.54 Å². The summed E-state index contributed by atoms with van der Waals surface area (Å²) in [5, 5.41) is 11.0. The van der Waals surface area contributed by atoms with Crippen molar-refractivity contribution in [2.24, 2.45) is 0 Å². The van der Waals surface area contributed by atoms with Gasteiger partial charge in [0.2, 0.25) is 0 Å². The second kappa shape index (κ2) is 6.63. The molecule has 0 spiro atoms. The third-order valence-corrected chi connectivity index (χ3v) is 2.67. The summed E-state index contributed by atoms with van der Waals surface area (Å²) in [5.74, 6) is -0.317. The van der Waals surface area contributed by atoms with Crippen LogP contribution >= 0.6 is 0 Å². The molecule has 1 aromatic carbocycles. The first-order valence-corrected chi connectivity index (χ1v) is 6.28. The smallest absolute Gasteiger partial charge is 0.378 e. The predicted octanol–water partition coefficient (Wildman–Crippen LogP) is 1.48. The van der Waals surface area contributed by atoms with Crippen molar-refractivity contribution in [1.82, 2.24) is 20.2 Å². The van der Waals surface area contributed by atoms with Gasteiger partial charge in [0.05, 0.1) is 6.61 Å². The minimum atomic E-state index is -0.479. The Morgan fingerprint density at radius 1 is 1.32 bits per heavy atom. The van der Waals surface area contributed by atoms with Crippen LogP contribution in [0.3, 0.4) is 0 Å². The monoisotopic (exact) mass is 260 g/mol. The van der Waals surface area contributed by atoms with Gasteiger partial charge < -0.3 is 4.74 Å². The SMILES string of the molecule is CCOC(=O)c1nnnn1CCCc1ccccc1. The Hall–Kier alpha value is -2.24. The molecule has 0 saturated heterocycles. The Bertz CT molecular complexity index is 524. The third kappa shape index (κ3) is 3.61. The number of ether oxygens (including phenoxy) is 1. The molecule has 19 heavy (non-hydrogen) atoms. The highest BCUT2D eigenvalue weighted by Gasteiger charge is 2.15. The number of carbonyl (C=O) groups excluding carboxylic acids is 1. The second-order valence-electron chi connectivity index (χ2n) is 4.04. The standard InChI is InChI=1S/C13H16N4O2/c1-2-19-13(18)12-14-15-16-17(12)10-6-9-11-7-4-3-5-8-11/h3-5,7-8H,2,6,9-10H2,1H3. The number of hydrogen-bond donors (Lipinski definition) is 0. The zero-order valence-corrected chi connectivity index (χ0v) is 10.8. The van der Waals surface area contributed by atoms with Crippen LogP contribution < -0.4 is 0 Å². The van der Waals surface area contributed by atoms with Crippen LogP contribution in [0, 0.1) is 0 Å². The van der Waals surface area contributed by atoms with Gasteiger partial charge in [-0.05, 0) is 35.8 Å². The van der Waals surface area contributed by atoms with Gasteiger partial charge in [-0.15, -0.1) is 5.10 Å². The summed E-state index contributed by atoms with van der Waals surface area (Å²) in [6.45, 7) is 2.66. The quantitative estimate of drug-likeness (QED) is 0.736. The maximum atomic E-state index is 11.6. The second-order valence-corrected chi connectivity index (χ2v) is 4.04. The van der Waals surface area contributed by atoms with Crippen molar-refractivity contribution in [3.8, 4) is 0 Å². The van der Waals surface area contributed by atoms with E-state index in [4.69, 9.17) is 4.74 Å². The van der Waals surface area contributed by atoms with Crippen LogP contribution in [0.1, 0.15) is 29.5 Å². The van der Waals surface area contributed by atoms with E-state index in [2.05, 4.69) is 27.7 Å². The molecule has 1 aromatic heterocycles. The van der Waals surface area contributed by atoms with Crippen molar-refractivity contribution in [3.05, 3.63) is 41.7 Å². The Morgan fingerprint density at radius 2 is 2.11 bits per heavy atom. The number of benzene rings is 1. The van der Waals surface area contributed by atoms with E-state index in [1.165, 1.54) is 10.2 Å². The van der Waals surface area contributed by atoms with Gasteiger partial charge in [0.15, 0.2) is 0 Å². The Kier molecular flexibility index (Phi) is 4.60. The molecule has 6 nitrogen and oxygen atoms in total. The molecule has 0 bridgehead atoms. The largest absolute Gasteiger partial charge is 0.460 e. The van der Waals surface area contributed by atoms with Gasteiger partial charge in [-0.3, -0.25) is 0 Å². The number of rotatable bonds is 6. The average Bonchev–Trinajstić information content (AvgIpc) is 2.89. The van der Waals surface area contributed by atoms with Crippen molar-refractivity contribution in [2.75, 3.05) is 6.61 Å². The summed E-state index contributed by atoms with van der Waals surface area (Å²) >= 11 is 0. The first-order valence-electron chi connectivity index (χ1n) is 6.28. The summed E-state index contributed by atoms with van der Waals surface area (Å²) in [5.41, 5.74) is 1.26. The number of esters is 1. The van der Waals surface area contributed by atoms with Gasteiger partial charge in [0.1, 0.15) is 0 Å². The van der Waals surface area contributed by atoms with E-state index in [1.807, 2.05) is 18.2 Å². The zero-order valence-electron chi connectivity index (χ0n) is 10.8. The van der Waals surface area contributed by atoms with Crippen molar-refractivity contribution >= 4 is 5.97 Å². The van der Waals surface area contributed by atoms with E-state index < -0.39 is 5.97 Å². The Labute approximate surface area is 111 Å². The van der Waals surface area contributed by atoms with E-state index in [-0.39, 0.29) is 5.82 Å². The van der Waals surface area contributed by atoms with Crippen molar-refractivity contribution < 1.29 is 9.53 Å². The normalized spacial score (nSPS) is 10.4. The molecule has 2 aromatic rings. The third-order valence-electron chi connectivity index (χ3n) is 2.67. The van der Waals surface area contributed by atoms with E-state index in [0.29, 0.717) is 13.2 Å². The maximum absolute atomic E-state index is 11.6. The molecule has 0 saturated carbocycles. The Balaban J connectivity index is 1.90. The van der Waals surface area contributed by atoms with Crippen LogP contribution in [0.5, 0.6) is 0 Å². The number of aromatic nitrogens is 4. The molecule has 1 heterocycles. The van der Waals surface area contributed by atoms with Crippen LogP contribution in [-0.2, 0) is 17.7 Å². The van der Waals surface area contributed by atoms with Crippen LogP contribution in [0.25, 0.3) is 0 Å². The number of tetrazole rings is 1. The minimum absolute atomic E-state index is 0.162. The molecule has 0 radical (unpaired) electrons. The highest BCUT2D eigenvalue weighted by atomic mass is 16.5. The average molecular weight is 260 g/mol. The molecule has 0 aliphatic heterocycles. The lowest BCUT2D eigenvalue weighted by molar-refractivity contribution is 0.0504. The van der Waals surface area contributed by atoms with E-state index in [9.17, 15) is 4.79 Å². The fraction of sp³-hybridized carbons (Fsp3) is 0.385. The highest BCUT2D eigenvalue weighted by molar-refractivity contribution is 5.85. The first-order chi connectivity index (χ1) is 9.31. The highest BCUT2D eigenvalue weighted by Crippen LogP contribution is 2.04. The number of nitrogens with zero attached hydrogens (tertiary/aromatic N) is 4. The van der Waals surface area contributed by atoms with E-state index in [0.717, 1.165) is 12.8 Å². The lowest BCUT2D eigenvalue weighted by Gasteiger charge is -2.04. The molecule has 0 atom stereocenters. The first kappa shape index (κ1) is 13.2. The topological polar surface area (TPSA) is 69.9 Å². The fourth-order valence-corrected chi connectivity index (χ4v) is 1.77. The van der Waals surface area contributed by atoms with Gasteiger partial charge in [-0.2, -0.15) is 0 Å². The lowest BCUT2D eigenvalue weighted by Crippen LogP contribution is -2.15. The van der Waals surface area contributed by atoms with E-state index >= 15 is 0 Å². The molecule has 0 fully saturated rings. The van der Waals surface area contributed by atoms with Crippen molar-refractivity contribution in [3.63, 3.8) is 0 Å². The summed E-state index contributed by atoms with van der Waals surface area (Å²) in [4.78, 5) is 11.6.